The Balaban J connectivity index is 2.21. The third-order valence-electron chi connectivity index (χ3n) is 3.14. The van der Waals surface area contributed by atoms with Gasteiger partial charge in [-0.3, -0.25) is 9.35 Å². The molecule has 3 N–H and O–H groups in total. The van der Waals surface area contributed by atoms with Crippen LogP contribution in [-0.2, 0) is 10.4 Å². The molecule has 0 spiro atoms. The van der Waals surface area contributed by atoms with Crippen molar-refractivity contribution in [2.45, 2.75) is 0 Å². The van der Waals surface area contributed by atoms with Crippen LogP contribution >= 0.6 is 0 Å². The Kier molecular flexibility index (Phi) is 3.66. The summed E-state index contributed by atoms with van der Waals surface area (Å²) in [5.74, 6) is -0.815. The van der Waals surface area contributed by atoms with E-state index in [0.29, 0.717) is 5.56 Å². The Labute approximate surface area is 135 Å². The molecule has 3 rings (SSSR count). The molecule has 0 fully saturated rings. The van der Waals surface area contributed by atoms with E-state index >= 15 is 0 Å². The maximum Gasteiger partial charge on any atom is 0.446 e. The summed E-state index contributed by atoms with van der Waals surface area (Å²) >= 11 is 0. The predicted molar refractivity (Wildman–Crippen MR) is 83.4 cm³/mol. The Morgan fingerprint density at radius 2 is 1.67 bits per heavy atom. The monoisotopic (exact) mass is 350 g/mol. The number of aromatic hydroxyl groups is 2. The minimum absolute atomic E-state index is 0.0309. The van der Waals surface area contributed by atoms with Gasteiger partial charge in [-0.15, -0.1) is 0 Å². The third-order valence-corrected chi connectivity index (χ3v) is 3.54. The van der Waals surface area contributed by atoms with Gasteiger partial charge in [0.1, 0.15) is 28.2 Å². The summed E-state index contributed by atoms with van der Waals surface area (Å²) < 4.78 is 40.0. The predicted octanol–water partition coefficient (Wildman–Crippen LogP) is 2.05. The van der Waals surface area contributed by atoms with E-state index in [1.54, 1.807) is 0 Å². The van der Waals surface area contributed by atoms with Crippen molar-refractivity contribution in [2.24, 2.45) is 0 Å². The first-order valence-corrected chi connectivity index (χ1v) is 7.86. The molecule has 0 aliphatic rings. The van der Waals surface area contributed by atoms with Crippen LogP contribution in [0.3, 0.4) is 0 Å². The van der Waals surface area contributed by atoms with E-state index in [9.17, 15) is 23.4 Å². The van der Waals surface area contributed by atoms with Crippen LogP contribution in [-0.4, -0.2) is 23.2 Å². The minimum atomic E-state index is -4.80. The molecule has 2 aromatic carbocycles. The fourth-order valence-corrected chi connectivity index (χ4v) is 2.52. The quantitative estimate of drug-likeness (QED) is 0.611. The number of hydrogen-bond acceptors (Lipinski definition) is 7. The Morgan fingerprint density at radius 1 is 1.00 bits per heavy atom. The Morgan fingerprint density at radius 3 is 2.29 bits per heavy atom. The first-order chi connectivity index (χ1) is 11.2. The number of phenols is 2. The summed E-state index contributed by atoms with van der Waals surface area (Å²) in [6.07, 6.45) is 0. The van der Waals surface area contributed by atoms with Gasteiger partial charge in [0.25, 0.3) is 0 Å². The summed E-state index contributed by atoms with van der Waals surface area (Å²) in [4.78, 5) is 12.2. The Bertz CT molecular complexity index is 1080. The maximum absolute atomic E-state index is 12.2. The lowest BCUT2D eigenvalue weighted by Gasteiger charge is -2.07. The van der Waals surface area contributed by atoms with E-state index < -0.39 is 27.3 Å². The molecule has 0 aliphatic heterocycles. The van der Waals surface area contributed by atoms with Crippen molar-refractivity contribution in [3.63, 3.8) is 0 Å². The first kappa shape index (κ1) is 15.8. The lowest BCUT2D eigenvalue weighted by molar-refractivity contribution is 0.385. The summed E-state index contributed by atoms with van der Waals surface area (Å²) in [6, 6.07) is 8.89. The standard InChI is InChI=1S/C15H10O8S/c16-9-3-1-8(2-4-9)13-7-12(18)15-11(17)5-10(6-14(15)22-13)23-24(19,20)21/h1-7,16-17H,(H,19,20,21). The maximum atomic E-state index is 12.2. The van der Waals surface area contributed by atoms with Gasteiger partial charge < -0.3 is 18.8 Å². The van der Waals surface area contributed by atoms with Crippen LogP contribution in [0.1, 0.15) is 0 Å². The molecule has 24 heavy (non-hydrogen) atoms. The smallest absolute Gasteiger partial charge is 0.446 e. The SMILES string of the molecule is O=c1cc(-c2ccc(O)cc2)oc2cc(OS(=O)(=O)O)cc(O)c12. The number of phenolic OH excluding ortho intramolecular Hbond substituents is 2. The van der Waals surface area contributed by atoms with Gasteiger partial charge in [-0.2, -0.15) is 8.42 Å². The van der Waals surface area contributed by atoms with Crippen molar-refractivity contribution < 1.29 is 31.8 Å². The first-order valence-electron chi connectivity index (χ1n) is 6.50. The second kappa shape index (κ2) is 5.55. The van der Waals surface area contributed by atoms with Crippen molar-refractivity contribution in [3.8, 4) is 28.6 Å². The molecule has 0 aliphatic carbocycles. The van der Waals surface area contributed by atoms with Crippen molar-refractivity contribution in [2.75, 3.05) is 0 Å². The van der Waals surface area contributed by atoms with Gasteiger partial charge >= 0.3 is 10.4 Å². The van der Waals surface area contributed by atoms with Crippen LogP contribution in [0, 0.1) is 0 Å². The zero-order valence-electron chi connectivity index (χ0n) is 11.8. The molecular weight excluding hydrogens is 340 g/mol. The highest BCUT2D eigenvalue weighted by molar-refractivity contribution is 7.81. The molecular formula is C15H10O8S. The van der Waals surface area contributed by atoms with Gasteiger partial charge in [-0.25, -0.2) is 0 Å². The molecule has 1 aromatic heterocycles. The minimum Gasteiger partial charge on any atom is -0.508 e. The summed E-state index contributed by atoms with van der Waals surface area (Å²) in [5.41, 5.74) is -0.216. The van der Waals surface area contributed by atoms with E-state index in [2.05, 4.69) is 4.18 Å². The molecule has 0 saturated heterocycles. The molecule has 0 amide bonds. The molecule has 8 nitrogen and oxygen atoms in total. The molecule has 1 heterocycles. The van der Waals surface area contributed by atoms with Gasteiger partial charge in [0.2, 0.25) is 0 Å². The lowest BCUT2D eigenvalue weighted by atomic mass is 10.1. The molecule has 0 unspecified atom stereocenters. The number of fused-ring (bicyclic) bond motifs is 1. The fraction of sp³-hybridized carbons (Fsp3) is 0. The number of benzene rings is 2. The van der Waals surface area contributed by atoms with Crippen LogP contribution in [0.2, 0.25) is 0 Å². The van der Waals surface area contributed by atoms with E-state index in [4.69, 9.17) is 8.97 Å². The highest BCUT2D eigenvalue weighted by atomic mass is 32.3. The molecule has 3 aromatic rings. The number of hydrogen-bond donors (Lipinski definition) is 3. The molecule has 0 saturated carbocycles. The van der Waals surface area contributed by atoms with Crippen LogP contribution < -0.4 is 9.61 Å². The zero-order chi connectivity index (χ0) is 17.5. The Hall–Kier alpha value is -3.04. The zero-order valence-corrected chi connectivity index (χ0v) is 12.6. The lowest BCUT2D eigenvalue weighted by Crippen LogP contribution is -2.07. The highest BCUT2D eigenvalue weighted by Crippen LogP contribution is 2.31. The van der Waals surface area contributed by atoms with E-state index in [-0.39, 0.29) is 22.5 Å². The molecule has 0 bridgehead atoms. The van der Waals surface area contributed by atoms with Gasteiger partial charge in [0.05, 0.1) is 0 Å². The van der Waals surface area contributed by atoms with Crippen molar-refractivity contribution in [1.82, 2.24) is 0 Å². The topological polar surface area (TPSA) is 134 Å². The third kappa shape index (κ3) is 3.16. The van der Waals surface area contributed by atoms with Crippen molar-refractivity contribution >= 4 is 21.4 Å². The molecule has 0 atom stereocenters. The van der Waals surface area contributed by atoms with Crippen molar-refractivity contribution in [1.29, 1.82) is 0 Å². The second-order valence-corrected chi connectivity index (χ2v) is 5.87. The van der Waals surface area contributed by atoms with Gasteiger partial charge in [0, 0.05) is 23.8 Å². The van der Waals surface area contributed by atoms with E-state index in [0.717, 1.165) is 18.2 Å². The summed E-state index contributed by atoms with van der Waals surface area (Å²) in [5, 5.41) is 19.0. The largest absolute Gasteiger partial charge is 0.508 e. The average molecular weight is 350 g/mol. The van der Waals surface area contributed by atoms with Gasteiger partial charge in [0.15, 0.2) is 11.2 Å². The fourth-order valence-electron chi connectivity index (χ4n) is 2.18. The van der Waals surface area contributed by atoms with E-state index in [1.165, 1.54) is 24.3 Å². The molecule has 124 valence electrons. The molecule has 9 heteroatoms. The average Bonchev–Trinajstić information content (AvgIpc) is 2.45. The van der Waals surface area contributed by atoms with Crippen LogP contribution in [0.4, 0.5) is 0 Å². The second-order valence-electron chi connectivity index (χ2n) is 4.85. The summed E-state index contributed by atoms with van der Waals surface area (Å²) in [7, 11) is -4.80. The van der Waals surface area contributed by atoms with Gasteiger partial charge in [-0.1, -0.05) is 0 Å². The number of rotatable bonds is 3. The van der Waals surface area contributed by atoms with Gasteiger partial charge in [-0.05, 0) is 24.3 Å². The van der Waals surface area contributed by atoms with E-state index in [1.807, 2.05) is 0 Å². The van der Waals surface area contributed by atoms with Crippen LogP contribution in [0.25, 0.3) is 22.3 Å². The summed E-state index contributed by atoms with van der Waals surface area (Å²) in [6.45, 7) is 0. The van der Waals surface area contributed by atoms with Crippen LogP contribution in [0.5, 0.6) is 17.2 Å². The van der Waals surface area contributed by atoms with Crippen molar-refractivity contribution in [3.05, 3.63) is 52.7 Å². The normalized spacial score (nSPS) is 11.5. The highest BCUT2D eigenvalue weighted by Gasteiger charge is 2.15. The van der Waals surface area contributed by atoms with Crippen LogP contribution in [0.15, 0.2) is 51.7 Å². The molecule has 0 radical (unpaired) electrons.